The average Bonchev–Trinajstić information content (AvgIpc) is 3.80. The first kappa shape index (κ1) is 35.5. The third kappa shape index (κ3) is 5.73. The zero-order valence-electron chi connectivity index (χ0n) is 34.0. The Morgan fingerprint density at radius 3 is 1.33 bits per heavy atom. The van der Waals surface area contributed by atoms with Crippen LogP contribution >= 0.6 is 0 Å². The molecular weight excluding hydrogens is 727 g/mol. The maximum atomic E-state index is 2.50. The Balaban J connectivity index is 1.13. The van der Waals surface area contributed by atoms with E-state index in [1.807, 2.05) is 0 Å². The molecule has 0 fully saturated rings. The molecule has 2 aromatic heterocycles. The van der Waals surface area contributed by atoms with Crippen molar-refractivity contribution in [1.29, 1.82) is 0 Å². The highest BCUT2D eigenvalue weighted by Gasteiger charge is 2.23. The van der Waals surface area contributed by atoms with Crippen molar-refractivity contribution >= 4 is 72.2 Å². The molecule has 0 saturated carbocycles. The summed E-state index contributed by atoms with van der Waals surface area (Å²) in [4.78, 5) is 4.73. The molecule has 0 aliphatic rings. The highest BCUT2D eigenvalue weighted by molar-refractivity contribution is 6.24. The van der Waals surface area contributed by atoms with Gasteiger partial charge in [-0.2, -0.15) is 0 Å². The molecule has 60 heavy (non-hydrogen) atoms. The van der Waals surface area contributed by atoms with E-state index in [1.165, 1.54) is 77.0 Å². The molecule has 0 amide bonds. The maximum absolute atomic E-state index is 2.50. The minimum Gasteiger partial charge on any atom is -0.310 e. The summed E-state index contributed by atoms with van der Waals surface area (Å²) >= 11 is 0. The molecule has 0 N–H and O–H groups in total. The van der Waals surface area contributed by atoms with Crippen LogP contribution in [-0.4, -0.2) is 4.40 Å². The van der Waals surface area contributed by atoms with E-state index in [0.717, 1.165) is 34.1 Å². The topological polar surface area (TPSA) is 10.9 Å². The quantitative estimate of drug-likeness (QED) is 0.152. The number of anilines is 6. The third-order valence-electron chi connectivity index (χ3n) is 12.3. The molecule has 11 rings (SSSR count). The first-order valence-electron chi connectivity index (χ1n) is 20.8. The van der Waals surface area contributed by atoms with E-state index in [-0.39, 0.29) is 0 Å². The lowest BCUT2D eigenvalue weighted by Crippen LogP contribution is -2.10. The lowest BCUT2D eigenvalue weighted by Gasteiger charge is -2.28. The van der Waals surface area contributed by atoms with Gasteiger partial charge in [-0.05, 0) is 151 Å². The van der Waals surface area contributed by atoms with Gasteiger partial charge in [-0.15, -0.1) is 0 Å². The van der Waals surface area contributed by atoms with E-state index < -0.39 is 0 Å². The Morgan fingerprint density at radius 2 is 0.783 bits per heavy atom. The Hall–Kier alpha value is -7.62. The fourth-order valence-electron chi connectivity index (χ4n) is 9.51. The van der Waals surface area contributed by atoms with Crippen molar-refractivity contribution in [3.05, 3.63) is 223 Å². The van der Waals surface area contributed by atoms with Crippen LogP contribution in [-0.2, 0) is 0 Å². The molecule has 2 heterocycles. The molecule has 0 atom stereocenters. The number of hydrogen-bond donors (Lipinski definition) is 0. The molecule has 0 aliphatic carbocycles. The van der Waals surface area contributed by atoms with Gasteiger partial charge in [0.2, 0.25) is 0 Å². The van der Waals surface area contributed by atoms with Crippen LogP contribution in [0.25, 0.3) is 60.3 Å². The SMILES string of the molecule is Cc1ccccc1-c1cc(N(c2ccccc2)c2ccccc2)cc(-c2cc3c4cccc5c6cc(N(c7ccccc7)c7ccccc7)ccc6n(c3cc2C)c54)c1C. The number of hydrogen-bond acceptors (Lipinski definition) is 2. The molecular formula is C57H43N3. The first-order chi connectivity index (χ1) is 29.5. The number of aromatic nitrogens is 1. The van der Waals surface area contributed by atoms with Crippen LogP contribution in [0.4, 0.5) is 34.1 Å². The molecule has 9 aromatic carbocycles. The Labute approximate surface area is 351 Å². The molecule has 0 unspecified atom stereocenters. The number of fused-ring (bicyclic) bond motifs is 6. The van der Waals surface area contributed by atoms with Crippen LogP contribution in [0.3, 0.4) is 0 Å². The van der Waals surface area contributed by atoms with E-state index in [9.17, 15) is 0 Å². The van der Waals surface area contributed by atoms with Crippen LogP contribution < -0.4 is 9.80 Å². The van der Waals surface area contributed by atoms with Gasteiger partial charge in [-0.25, -0.2) is 0 Å². The predicted octanol–water partition coefficient (Wildman–Crippen LogP) is 16.0. The van der Waals surface area contributed by atoms with Crippen LogP contribution in [0.15, 0.2) is 206 Å². The number of para-hydroxylation sites is 5. The molecule has 286 valence electrons. The number of benzene rings is 9. The summed E-state index contributed by atoms with van der Waals surface area (Å²) in [5.74, 6) is 0. The van der Waals surface area contributed by atoms with Gasteiger partial charge in [-0.1, -0.05) is 115 Å². The van der Waals surface area contributed by atoms with Crippen molar-refractivity contribution in [3.8, 4) is 22.3 Å². The molecule has 3 nitrogen and oxygen atoms in total. The summed E-state index contributed by atoms with van der Waals surface area (Å²) < 4.78 is 2.50. The van der Waals surface area contributed by atoms with Crippen molar-refractivity contribution in [3.63, 3.8) is 0 Å². The Kier molecular flexibility index (Phi) is 8.49. The van der Waals surface area contributed by atoms with Gasteiger partial charge in [0.1, 0.15) is 0 Å². The Morgan fingerprint density at radius 1 is 0.300 bits per heavy atom. The summed E-state index contributed by atoms with van der Waals surface area (Å²) in [5, 5.41) is 5.05. The molecule has 11 aromatic rings. The molecule has 0 saturated heterocycles. The predicted molar refractivity (Wildman–Crippen MR) is 256 cm³/mol. The van der Waals surface area contributed by atoms with Crippen LogP contribution in [0.1, 0.15) is 16.7 Å². The normalized spacial score (nSPS) is 11.6. The summed E-state index contributed by atoms with van der Waals surface area (Å²) in [6.45, 7) is 6.80. The molecule has 3 heteroatoms. The van der Waals surface area contributed by atoms with Gasteiger partial charge in [0.05, 0.1) is 16.6 Å². The lowest BCUT2D eigenvalue weighted by atomic mass is 9.87. The van der Waals surface area contributed by atoms with Crippen LogP contribution in [0.2, 0.25) is 0 Å². The van der Waals surface area contributed by atoms with Gasteiger partial charge in [-0.3, -0.25) is 0 Å². The minimum atomic E-state index is 1.12. The molecule has 0 aliphatic heterocycles. The smallest absolute Gasteiger partial charge is 0.0620 e. The summed E-state index contributed by atoms with van der Waals surface area (Å²) in [6.07, 6.45) is 0. The maximum Gasteiger partial charge on any atom is 0.0620 e. The second-order valence-corrected chi connectivity index (χ2v) is 15.9. The van der Waals surface area contributed by atoms with Gasteiger partial charge in [0.25, 0.3) is 0 Å². The monoisotopic (exact) mass is 769 g/mol. The Bertz CT molecular complexity index is 3250. The van der Waals surface area contributed by atoms with E-state index in [4.69, 9.17) is 0 Å². The van der Waals surface area contributed by atoms with Gasteiger partial charge < -0.3 is 14.2 Å². The van der Waals surface area contributed by atoms with E-state index >= 15 is 0 Å². The van der Waals surface area contributed by atoms with Crippen molar-refractivity contribution < 1.29 is 0 Å². The standard InChI is InChI=1S/C57H43N3/c1-38-19-16-17-28-47(38)51-35-46(59(43-24-12-6-13-25-43)44-26-14-7-15-27-44)36-52(40(51)3)50-37-54-49-30-18-29-48-53-34-45(31-32-55(53)60(57(48)49)56(54)33-39(50)2)58(41-20-8-4-9-21-41)42-22-10-5-11-23-42/h4-37H,1-3H3. The third-order valence-corrected chi connectivity index (χ3v) is 12.3. The van der Waals surface area contributed by atoms with E-state index in [1.54, 1.807) is 0 Å². The van der Waals surface area contributed by atoms with Crippen molar-refractivity contribution in [1.82, 2.24) is 4.40 Å². The summed E-state index contributed by atoms with van der Waals surface area (Å²) in [5.41, 5.74) is 19.3. The fourth-order valence-corrected chi connectivity index (χ4v) is 9.51. The fraction of sp³-hybridized carbons (Fsp3) is 0.0526. The first-order valence-corrected chi connectivity index (χ1v) is 20.8. The highest BCUT2D eigenvalue weighted by Crippen LogP contribution is 2.47. The summed E-state index contributed by atoms with van der Waals surface area (Å²) in [7, 11) is 0. The molecule has 0 bridgehead atoms. The number of nitrogens with zero attached hydrogens (tertiary/aromatic N) is 3. The summed E-state index contributed by atoms with van der Waals surface area (Å²) in [6, 6.07) is 75.0. The molecule has 0 radical (unpaired) electrons. The van der Waals surface area contributed by atoms with Gasteiger partial charge >= 0.3 is 0 Å². The lowest BCUT2D eigenvalue weighted by molar-refractivity contribution is 1.27. The van der Waals surface area contributed by atoms with Crippen LogP contribution in [0.5, 0.6) is 0 Å². The van der Waals surface area contributed by atoms with E-state index in [0.29, 0.717) is 0 Å². The number of rotatable bonds is 8. The second-order valence-electron chi connectivity index (χ2n) is 15.9. The van der Waals surface area contributed by atoms with E-state index in [2.05, 4.69) is 241 Å². The average molecular weight is 770 g/mol. The largest absolute Gasteiger partial charge is 0.310 e. The van der Waals surface area contributed by atoms with Crippen molar-refractivity contribution in [2.45, 2.75) is 20.8 Å². The van der Waals surface area contributed by atoms with Crippen molar-refractivity contribution in [2.24, 2.45) is 0 Å². The van der Waals surface area contributed by atoms with Gasteiger partial charge in [0, 0.05) is 55.7 Å². The number of aryl methyl sites for hydroxylation is 2. The van der Waals surface area contributed by atoms with Gasteiger partial charge in [0.15, 0.2) is 0 Å². The van der Waals surface area contributed by atoms with Crippen LogP contribution in [0, 0.1) is 20.8 Å². The highest BCUT2D eigenvalue weighted by atomic mass is 15.1. The minimum absolute atomic E-state index is 1.12. The zero-order valence-corrected chi connectivity index (χ0v) is 34.0. The van der Waals surface area contributed by atoms with Crippen molar-refractivity contribution in [2.75, 3.05) is 9.80 Å². The molecule has 0 spiro atoms. The second kappa shape index (κ2) is 14.3. The zero-order chi connectivity index (χ0) is 40.3.